The molecule has 0 aliphatic heterocycles. The number of ketones is 1. The minimum absolute atomic E-state index is 0.0169. The molecule has 0 unspecified atom stereocenters. The molecule has 1 aromatic carbocycles. The van der Waals surface area contributed by atoms with Crippen LogP contribution in [-0.4, -0.2) is 11.7 Å². The van der Waals surface area contributed by atoms with E-state index in [0.29, 0.717) is 17.7 Å². The second kappa shape index (κ2) is 7.22. The number of nitrogens with one attached hydrogen (secondary N) is 1. The first kappa shape index (κ1) is 14.8. The van der Waals surface area contributed by atoms with Crippen molar-refractivity contribution in [1.29, 1.82) is 0 Å². The van der Waals surface area contributed by atoms with Crippen molar-refractivity contribution in [3.05, 3.63) is 29.8 Å². The summed E-state index contributed by atoms with van der Waals surface area (Å²) in [6, 6.07) is 7.12. The van der Waals surface area contributed by atoms with Crippen molar-refractivity contribution >= 4 is 17.4 Å². The zero-order chi connectivity index (χ0) is 14.4. The maximum atomic E-state index is 11.9. The van der Waals surface area contributed by atoms with Crippen LogP contribution in [0.25, 0.3) is 0 Å². The number of hydrogen-bond donors (Lipinski definition) is 1. The van der Waals surface area contributed by atoms with Gasteiger partial charge in [-0.1, -0.05) is 44.2 Å². The van der Waals surface area contributed by atoms with Crippen LogP contribution < -0.4 is 5.32 Å². The maximum Gasteiger partial charge on any atom is 0.224 e. The number of carbonyl (C=O) groups excluding carboxylic acids is 2. The highest BCUT2D eigenvalue weighted by Crippen LogP contribution is 2.27. The van der Waals surface area contributed by atoms with Crippen LogP contribution >= 0.6 is 0 Å². The number of hydrogen-bond acceptors (Lipinski definition) is 2. The van der Waals surface area contributed by atoms with Crippen LogP contribution in [0.15, 0.2) is 24.3 Å². The standard InChI is InChI=1S/C17H23NO2/c1-13(19)15-8-5-9-16(12-15)18-17(20)11-10-14-6-3-2-4-7-14/h5,8-9,12,14H,2-4,6-7,10-11H2,1H3,(H,18,20). The van der Waals surface area contributed by atoms with Crippen molar-refractivity contribution in [2.24, 2.45) is 5.92 Å². The van der Waals surface area contributed by atoms with E-state index < -0.39 is 0 Å². The van der Waals surface area contributed by atoms with Gasteiger partial charge < -0.3 is 5.32 Å². The molecular weight excluding hydrogens is 250 g/mol. The average Bonchev–Trinajstić information content (AvgIpc) is 2.46. The lowest BCUT2D eigenvalue weighted by Crippen LogP contribution is -2.15. The summed E-state index contributed by atoms with van der Waals surface area (Å²) in [4.78, 5) is 23.2. The lowest BCUT2D eigenvalue weighted by atomic mass is 9.86. The molecule has 0 aromatic heterocycles. The van der Waals surface area contributed by atoms with E-state index >= 15 is 0 Å². The van der Waals surface area contributed by atoms with Gasteiger partial charge in [0.1, 0.15) is 0 Å². The van der Waals surface area contributed by atoms with E-state index in [2.05, 4.69) is 5.32 Å². The van der Waals surface area contributed by atoms with Crippen LogP contribution in [0, 0.1) is 5.92 Å². The van der Waals surface area contributed by atoms with Crippen molar-refractivity contribution in [3.8, 4) is 0 Å². The van der Waals surface area contributed by atoms with Crippen molar-refractivity contribution in [2.75, 3.05) is 5.32 Å². The molecule has 1 saturated carbocycles. The van der Waals surface area contributed by atoms with Crippen molar-refractivity contribution in [1.82, 2.24) is 0 Å². The fourth-order valence-electron chi connectivity index (χ4n) is 2.85. The molecule has 0 atom stereocenters. The Labute approximate surface area is 120 Å². The highest BCUT2D eigenvalue weighted by molar-refractivity contribution is 5.97. The Morgan fingerprint density at radius 3 is 2.65 bits per heavy atom. The van der Waals surface area contributed by atoms with Crippen LogP contribution in [0.4, 0.5) is 5.69 Å². The molecule has 20 heavy (non-hydrogen) atoms. The van der Waals surface area contributed by atoms with E-state index in [1.54, 1.807) is 18.2 Å². The second-order valence-electron chi connectivity index (χ2n) is 5.73. The third kappa shape index (κ3) is 4.48. The smallest absolute Gasteiger partial charge is 0.224 e. The first-order valence-electron chi connectivity index (χ1n) is 7.56. The molecule has 1 aliphatic carbocycles. The lowest BCUT2D eigenvalue weighted by Gasteiger charge is -2.21. The molecule has 108 valence electrons. The predicted molar refractivity (Wildman–Crippen MR) is 80.9 cm³/mol. The Balaban J connectivity index is 1.81. The molecule has 3 heteroatoms. The summed E-state index contributed by atoms with van der Waals surface area (Å²) in [6.07, 6.45) is 8.08. The van der Waals surface area contributed by atoms with Crippen LogP contribution in [0.2, 0.25) is 0 Å². The largest absolute Gasteiger partial charge is 0.326 e. The highest BCUT2D eigenvalue weighted by Gasteiger charge is 2.14. The number of carbonyl (C=O) groups is 2. The summed E-state index contributed by atoms with van der Waals surface area (Å²) in [5.41, 5.74) is 1.35. The van der Waals surface area contributed by atoms with Gasteiger partial charge in [0.05, 0.1) is 0 Å². The Bertz CT molecular complexity index is 476. The van der Waals surface area contributed by atoms with Gasteiger partial charge in [0.2, 0.25) is 5.91 Å². The summed E-state index contributed by atoms with van der Waals surface area (Å²) < 4.78 is 0. The van der Waals surface area contributed by atoms with E-state index in [9.17, 15) is 9.59 Å². The minimum Gasteiger partial charge on any atom is -0.326 e. The molecule has 2 rings (SSSR count). The summed E-state index contributed by atoms with van der Waals surface area (Å²) >= 11 is 0. The number of Topliss-reactive ketones (excluding diaryl/α,β-unsaturated/α-hetero) is 1. The van der Waals surface area contributed by atoms with Crippen LogP contribution in [0.1, 0.15) is 62.2 Å². The molecule has 3 nitrogen and oxygen atoms in total. The number of rotatable bonds is 5. The van der Waals surface area contributed by atoms with E-state index in [0.717, 1.165) is 12.3 Å². The number of anilines is 1. The molecule has 0 radical (unpaired) electrons. The van der Waals surface area contributed by atoms with E-state index in [1.807, 2.05) is 6.07 Å². The second-order valence-corrected chi connectivity index (χ2v) is 5.73. The Morgan fingerprint density at radius 2 is 1.95 bits per heavy atom. The zero-order valence-corrected chi connectivity index (χ0v) is 12.2. The van der Waals surface area contributed by atoms with Crippen molar-refractivity contribution in [2.45, 2.75) is 51.9 Å². The maximum absolute atomic E-state index is 11.9. The van der Waals surface area contributed by atoms with Gasteiger partial charge in [0, 0.05) is 17.7 Å². The molecule has 0 spiro atoms. The molecule has 1 amide bonds. The van der Waals surface area contributed by atoms with Crippen LogP contribution in [0.3, 0.4) is 0 Å². The van der Waals surface area contributed by atoms with E-state index in [-0.39, 0.29) is 11.7 Å². The van der Waals surface area contributed by atoms with E-state index in [4.69, 9.17) is 0 Å². The SMILES string of the molecule is CC(=O)c1cccc(NC(=O)CCC2CCCCC2)c1. The molecule has 0 heterocycles. The Kier molecular flexibility index (Phi) is 5.33. The number of amides is 1. The Hall–Kier alpha value is -1.64. The number of benzene rings is 1. The highest BCUT2D eigenvalue weighted by atomic mass is 16.1. The molecule has 0 bridgehead atoms. The molecule has 1 fully saturated rings. The van der Waals surface area contributed by atoms with Gasteiger partial charge in [-0.15, -0.1) is 0 Å². The van der Waals surface area contributed by atoms with Gasteiger partial charge in [-0.05, 0) is 31.4 Å². The molecular formula is C17H23NO2. The third-order valence-corrected chi connectivity index (χ3v) is 4.06. The quantitative estimate of drug-likeness (QED) is 0.818. The van der Waals surface area contributed by atoms with Gasteiger partial charge in [0.25, 0.3) is 0 Å². The molecule has 1 aromatic rings. The minimum atomic E-state index is 0.0169. The third-order valence-electron chi connectivity index (χ3n) is 4.06. The summed E-state index contributed by atoms with van der Waals surface area (Å²) in [5.74, 6) is 0.789. The van der Waals surface area contributed by atoms with Gasteiger partial charge in [-0.2, -0.15) is 0 Å². The van der Waals surface area contributed by atoms with Crippen molar-refractivity contribution in [3.63, 3.8) is 0 Å². The van der Waals surface area contributed by atoms with Gasteiger partial charge >= 0.3 is 0 Å². The van der Waals surface area contributed by atoms with Gasteiger partial charge in [0.15, 0.2) is 5.78 Å². The average molecular weight is 273 g/mol. The first-order chi connectivity index (χ1) is 9.65. The van der Waals surface area contributed by atoms with Crippen LogP contribution in [-0.2, 0) is 4.79 Å². The topological polar surface area (TPSA) is 46.2 Å². The van der Waals surface area contributed by atoms with Gasteiger partial charge in [-0.3, -0.25) is 9.59 Å². The summed E-state index contributed by atoms with van der Waals surface area (Å²) in [7, 11) is 0. The van der Waals surface area contributed by atoms with Gasteiger partial charge in [-0.25, -0.2) is 0 Å². The monoisotopic (exact) mass is 273 g/mol. The molecule has 0 saturated heterocycles. The fourth-order valence-corrected chi connectivity index (χ4v) is 2.85. The summed E-state index contributed by atoms with van der Waals surface area (Å²) in [5, 5.41) is 2.89. The van der Waals surface area contributed by atoms with Crippen LogP contribution in [0.5, 0.6) is 0 Å². The Morgan fingerprint density at radius 1 is 1.20 bits per heavy atom. The molecule has 1 aliphatic rings. The first-order valence-corrected chi connectivity index (χ1v) is 7.56. The normalized spacial score (nSPS) is 15.8. The van der Waals surface area contributed by atoms with E-state index in [1.165, 1.54) is 39.0 Å². The zero-order valence-electron chi connectivity index (χ0n) is 12.2. The lowest BCUT2D eigenvalue weighted by molar-refractivity contribution is -0.116. The fraction of sp³-hybridized carbons (Fsp3) is 0.529. The van der Waals surface area contributed by atoms with Crippen molar-refractivity contribution < 1.29 is 9.59 Å². The summed E-state index contributed by atoms with van der Waals surface area (Å²) in [6.45, 7) is 1.53. The molecule has 1 N–H and O–H groups in total. The predicted octanol–water partition coefficient (Wildman–Crippen LogP) is 4.19.